The quantitative estimate of drug-likeness (QED) is 0.0294. The van der Waals surface area contributed by atoms with Crippen LogP contribution in [-0.4, -0.2) is 24.8 Å². The molecule has 0 unspecified atom stereocenters. The Hall–Kier alpha value is -3.88. The minimum atomic E-state index is -0.175. The summed E-state index contributed by atoms with van der Waals surface area (Å²) < 4.78 is 12.2. The number of nitrogens with two attached hydrogens (primary N) is 2. The van der Waals surface area contributed by atoms with E-state index >= 15 is 0 Å². The number of hydrogen-bond acceptors (Lipinski definition) is 8. The molecule has 0 bridgehead atoms. The molecule has 0 heterocycles. The fourth-order valence-electron chi connectivity index (χ4n) is 10.4. The zero-order valence-corrected chi connectivity index (χ0v) is 48.0. The average Bonchev–Trinajstić information content (AvgIpc) is 3.40. The van der Waals surface area contributed by atoms with Crippen molar-refractivity contribution in [1.82, 2.24) is 0 Å². The summed E-state index contributed by atoms with van der Waals surface area (Å²) in [6, 6.07) is 22.5. The Labute approximate surface area is 458 Å². The van der Waals surface area contributed by atoms with Crippen LogP contribution in [0.1, 0.15) is 277 Å². The van der Waals surface area contributed by atoms with Gasteiger partial charge in [0.1, 0.15) is 11.5 Å². The molecule has 1 aliphatic rings. The van der Waals surface area contributed by atoms with Crippen LogP contribution >= 0.6 is 23.5 Å². The molecule has 8 heteroatoms. The standard InChI is InChI=1S/C66H98N2O4S2/c1-3-5-7-9-11-13-15-17-19-21-23-25-27-29-31-33-35-37-49-71-53-45-47-59(57(67)51-53)73-61-43-39-41-55-63(61)66(70)64-56(65(55)69)42-40-44-62(64)74-60-48-46-54(52-58(60)68)72-50-38-36-34-32-30-28-26-24-22-20-18-16-14-12-10-8-6-4-2/h39-48,51-52H,3-38,49-50,67-68H2,1-2H3. The van der Waals surface area contributed by atoms with Gasteiger partial charge in [-0.15, -0.1) is 0 Å². The van der Waals surface area contributed by atoms with Gasteiger partial charge in [0.2, 0.25) is 0 Å². The van der Waals surface area contributed by atoms with Gasteiger partial charge in [-0.05, 0) is 49.2 Å². The molecule has 0 spiro atoms. The molecule has 4 aromatic rings. The summed E-state index contributed by atoms with van der Waals surface area (Å²) in [5, 5.41) is 0. The zero-order valence-electron chi connectivity index (χ0n) is 46.4. The molecular formula is C66H98N2O4S2. The van der Waals surface area contributed by atoms with Crippen molar-refractivity contribution in [2.24, 2.45) is 0 Å². The maximum Gasteiger partial charge on any atom is 0.196 e. The number of nitrogen functional groups attached to an aromatic ring is 2. The maximum absolute atomic E-state index is 14.6. The van der Waals surface area contributed by atoms with Crippen LogP contribution in [0.5, 0.6) is 11.5 Å². The van der Waals surface area contributed by atoms with E-state index in [2.05, 4.69) is 13.8 Å². The predicted octanol–water partition coefficient (Wildman–Crippen LogP) is 20.8. The first kappa shape index (κ1) is 61.0. The lowest BCUT2D eigenvalue weighted by molar-refractivity contribution is 0.0974. The molecule has 0 fully saturated rings. The smallest absolute Gasteiger partial charge is 0.196 e. The second-order valence-corrected chi connectivity index (χ2v) is 23.5. The van der Waals surface area contributed by atoms with Crippen molar-refractivity contribution >= 4 is 46.5 Å². The third-order valence-electron chi connectivity index (χ3n) is 14.9. The van der Waals surface area contributed by atoms with E-state index in [1.165, 1.54) is 242 Å². The highest BCUT2D eigenvalue weighted by Gasteiger charge is 2.34. The van der Waals surface area contributed by atoms with Gasteiger partial charge in [0.15, 0.2) is 11.6 Å². The van der Waals surface area contributed by atoms with E-state index in [9.17, 15) is 9.59 Å². The SMILES string of the molecule is CCCCCCCCCCCCCCCCCCCCOc1ccc(Sc2cccc3c2C(=O)c2c(Sc4ccc(OCCCCCCCCCCCCCCCCCCCC)cc4N)cccc2C3=O)c(N)c1. The Morgan fingerprint density at radius 2 is 0.622 bits per heavy atom. The molecule has 74 heavy (non-hydrogen) atoms. The lowest BCUT2D eigenvalue weighted by atomic mass is 9.84. The number of hydrogen-bond donors (Lipinski definition) is 2. The van der Waals surface area contributed by atoms with Gasteiger partial charge in [0, 0.05) is 65.3 Å². The zero-order chi connectivity index (χ0) is 52.3. The molecule has 6 nitrogen and oxygen atoms in total. The minimum Gasteiger partial charge on any atom is -0.494 e. The molecular weight excluding hydrogens is 949 g/mol. The fraction of sp³-hybridized carbons (Fsp3) is 0.606. The monoisotopic (exact) mass is 1050 g/mol. The van der Waals surface area contributed by atoms with Gasteiger partial charge in [0.05, 0.1) is 13.2 Å². The highest BCUT2D eigenvalue weighted by Crippen LogP contribution is 2.44. The Morgan fingerprint density at radius 1 is 0.338 bits per heavy atom. The maximum atomic E-state index is 14.6. The van der Waals surface area contributed by atoms with Gasteiger partial charge in [-0.1, -0.05) is 280 Å². The molecule has 0 amide bonds. The van der Waals surface area contributed by atoms with E-state index < -0.39 is 0 Å². The third-order valence-corrected chi connectivity index (χ3v) is 17.2. The number of ketones is 2. The van der Waals surface area contributed by atoms with Crippen molar-refractivity contribution in [2.45, 2.75) is 265 Å². The Balaban J connectivity index is 0.972. The highest BCUT2D eigenvalue weighted by molar-refractivity contribution is 8.00. The van der Waals surface area contributed by atoms with E-state index in [4.69, 9.17) is 20.9 Å². The topological polar surface area (TPSA) is 105 Å². The van der Waals surface area contributed by atoms with Crippen LogP contribution in [-0.2, 0) is 0 Å². The van der Waals surface area contributed by atoms with Gasteiger partial charge in [-0.2, -0.15) is 0 Å². The third kappa shape index (κ3) is 22.8. The van der Waals surface area contributed by atoms with Gasteiger partial charge in [-0.25, -0.2) is 0 Å². The van der Waals surface area contributed by atoms with Crippen LogP contribution in [0.15, 0.2) is 92.4 Å². The van der Waals surface area contributed by atoms with Gasteiger partial charge in [-0.3, -0.25) is 9.59 Å². The van der Waals surface area contributed by atoms with E-state index in [1.807, 2.05) is 60.7 Å². The number of rotatable bonds is 44. The first-order chi connectivity index (χ1) is 36.4. The predicted molar refractivity (Wildman–Crippen MR) is 318 cm³/mol. The number of unbranched alkanes of at least 4 members (excludes halogenated alkanes) is 34. The number of fused-ring (bicyclic) bond motifs is 2. The lowest BCUT2D eigenvalue weighted by Crippen LogP contribution is -2.22. The molecule has 5 rings (SSSR count). The molecule has 1 aliphatic carbocycles. The Bertz CT molecular complexity index is 2040. The van der Waals surface area contributed by atoms with Crippen LogP contribution in [0.25, 0.3) is 0 Å². The number of carbonyl (C=O) groups is 2. The normalized spacial score (nSPS) is 12.1. The van der Waals surface area contributed by atoms with E-state index in [0.29, 0.717) is 56.6 Å². The van der Waals surface area contributed by atoms with Crippen LogP contribution in [0.2, 0.25) is 0 Å². The van der Waals surface area contributed by atoms with Crippen LogP contribution in [0.3, 0.4) is 0 Å². The molecule has 0 saturated heterocycles. The summed E-state index contributed by atoms with van der Waals surface area (Å²) in [5.41, 5.74) is 16.0. The molecule has 0 aliphatic heterocycles. The summed E-state index contributed by atoms with van der Waals surface area (Å²) in [5.74, 6) is 1.16. The Morgan fingerprint density at radius 3 is 0.905 bits per heavy atom. The summed E-state index contributed by atoms with van der Waals surface area (Å²) in [4.78, 5) is 31.6. The van der Waals surface area contributed by atoms with Crippen LogP contribution < -0.4 is 20.9 Å². The van der Waals surface area contributed by atoms with Gasteiger partial charge >= 0.3 is 0 Å². The van der Waals surface area contributed by atoms with E-state index in [1.54, 1.807) is 12.1 Å². The second-order valence-electron chi connectivity index (χ2n) is 21.3. The average molecular weight is 1050 g/mol. The minimum absolute atomic E-state index is 0.160. The molecule has 0 atom stereocenters. The Kier molecular flexibility index (Phi) is 31.1. The van der Waals surface area contributed by atoms with Crippen LogP contribution in [0, 0.1) is 0 Å². The first-order valence-corrected chi connectivity index (χ1v) is 31.8. The summed E-state index contributed by atoms with van der Waals surface area (Å²) in [6.45, 7) is 5.90. The second kappa shape index (κ2) is 37.8. The van der Waals surface area contributed by atoms with Crippen LogP contribution in [0.4, 0.5) is 11.4 Å². The number of benzene rings is 4. The van der Waals surface area contributed by atoms with Crippen molar-refractivity contribution in [2.75, 3.05) is 24.7 Å². The van der Waals surface area contributed by atoms with Crippen molar-refractivity contribution in [3.05, 3.63) is 95.1 Å². The van der Waals surface area contributed by atoms with Crippen molar-refractivity contribution in [1.29, 1.82) is 0 Å². The summed E-state index contributed by atoms with van der Waals surface area (Å²) in [6.07, 6.45) is 48.7. The lowest BCUT2D eigenvalue weighted by Gasteiger charge is -2.22. The van der Waals surface area contributed by atoms with Crippen molar-refractivity contribution < 1.29 is 19.1 Å². The molecule has 4 aromatic carbocycles. The summed E-state index contributed by atoms with van der Waals surface area (Å²) >= 11 is 2.82. The van der Waals surface area contributed by atoms with Crippen molar-refractivity contribution in [3.8, 4) is 11.5 Å². The molecule has 0 aromatic heterocycles. The largest absolute Gasteiger partial charge is 0.494 e. The number of ether oxygens (including phenoxy) is 2. The van der Waals surface area contributed by atoms with Gasteiger partial charge in [0.25, 0.3) is 0 Å². The van der Waals surface area contributed by atoms with Crippen molar-refractivity contribution in [3.63, 3.8) is 0 Å². The fourth-order valence-corrected chi connectivity index (χ4v) is 12.4. The highest BCUT2D eigenvalue weighted by atomic mass is 32.2. The molecule has 4 N–H and O–H groups in total. The molecule has 408 valence electrons. The molecule has 0 radical (unpaired) electrons. The van der Waals surface area contributed by atoms with E-state index in [-0.39, 0.29) is 11.6 Å². The number of carbonyl (C=O) groups excluding carboxylic acids is 2. The van der Waals surface area contributed by atoms with Gasteiger partial charge < -0.3 is 20.9 Å². The summed E-state index contributed by atoms with van der Waals surface area (Å²) in [7, 11) is 0. The van der Waals surface area contributed by atoms with E-state index in [0.717, 1.165) is 34.1 Å². The molecule has 0 saturated carbocycles. The number of anilines is 2. The first-order valence-electron chi connectivity index (χ1n) is 30.2.